The van der Waals surface area contributed by atoms with Crippen molar-refractivity contribution in [3.8, 4) is 0 Å². The number of halogens is 3. The number of anilines is 1. The van der Waals surface area contributed by atoms with Crippen LogP contribution in [0.4, 0.5) is 14.5 Å². The second kappa shape index (κ2) is 6.16. The molecule has 1 aliphatic heterocycles. The number of hydrogen-bond donors (Lipinski definition) is 1. The molecular formula is C17H15ClF2N2O. The van der Waals surface area contributed by atoms with Crippen molar-refractivity contribution < 1.29 is 13.6 Å². The van der Waals surface area contributed by atoms with E-state index in [2.05, 4.69) is 5.32 Å². The standard InChI is InChI=1S/C17H15ClF2N2O/c1-2-7-22-16(10-3-6-13(19)14(20)8-10)21-15-9-11(18)4-5-12(15)17(22)23/h3-6,8-9,16,21H,2,7H2,1H3. The van der Waals surface area contributed by atoms with E-state index in [4.69, 9.17) is 11.6 Å². The highest BCUT2D eigenvalue weighted by Crippen LogP contribution is 2.35. The molecule has 0 bridgehead atoms. The van der Waals surface area contributed by atoms with Crippen LogP contribution in [0, 0.1) is 11.6 Å². The van der Waals surface area contributed by atoms with Crippen molar-refractivity contribution in [3.05, 3.63) is 64.2 Å². The van der Waals surface area contributed by atoms with Gasteiger partial charge in [0, 0.05) is 11.6 Å². The van der Waals surface area contributed by atoms with Crippen molar-refractivity contribution in [2.45, 2.75) is 19.5 Å². The van der Waals surface area contributed by atoms with Gasteiger partial charge >= 0.3 is 0 Å². The molecule has 120 valence electrons. The van der Waals surface area contributed by atoms with Crippen molar-refractivity contribution in [1.82, 2.24) is 4.90 Å². The lowest BCUT2D eigenvalue weighted by molar-refractivity contribution is 0.0683. The first-order valence-corrected chi connectivity index (χ1v) is 7.71. The number of carbonyl (C=O) groups excluding carboxylic acids is 1. The molecule has 0 saturated carbocycles. The minimum absolute atomic E-state index is 0.160. The topological polar surface area (TPSA) is 32.3 Å². The zero-order valence-electron chi connectivity index (χ0n) is 12.4. The van der Waals surface area contributed by atoms with Crippen molar-refractivity contribution in [2.24, 2.45) is 0 Å². The van der Waals surface area contributed by atoms with Gasteiger partial charge < -0.3 is 10.2 Å². The smallest absolute Gasteiger partial charge is 0.257 e. The molecule has 6 heteroatoms. The molecule has 2 aromatic carbocycles. The number of nitrogens with one attached hydrogen (secondary N) is 1. The van der Waals surface area contributed by atoms with Gasteiger partial charge in [-0.05, 0) is 42.3 Å². The van der Waals surface area contributed by atoms with Crippen molar-refractivity contribution in [3.63, 3.8) is 0 Å². The van der Waals surface area contributed by atoms with Gasteiger partial charge in [-0.3, -0.25) is 4.79 Å². The second-order valence-electron chi connectivity index (χ2n) is 5.41. The predicted molar refractivity (Wildman–Crippen MR) is 85.5 cm³/mol. The van der Waals surface area contributed by atoms with Crippen molar-refractivity contribution in [1.29, 1.82) is 0 Å². The lowest BCUT2D eigenvalue weighted by atomic mass is 10.0. The van der Waals surface area contributed by atoms with E-state index in [1.165, 1.54) is 6.07 Å². The fourth-order valence-electron chi connectivity index (χ4n) is 2.74. The SMILES string of the molecule is CCCN1C(=O)c2ccc(Cl)cc2NC1c1ccc(F)c(F)c1. The molecule has 0 radical (unpaired) electrons. The van der Waals surface area contributed by atoms with Crippen LogP contribution < -0.4 is 5.32 Å². The first-order valence-electron chi connectivity index (χ1n) is 7.33. The summed E-state index contributed by atoms with van der Waals surface area (Å²) in [5, 5.41) is 3.69. The lowest BCUT2D eigenvalue weighted by Gasteiger charge is -2.38. The Morgan fingerprint density at radius 3 is 2.65 bits per heavy atom. The highest BCUT2D eigenvalue weighted by Gasteiger charge is 2.32. The van der Waals surface area contributed by atoms with Gasteiger partial charge in [0.05, 0.1) is 11.3 Å². The summed E-state index contributed by atoms with van der Waals surface area (Å²) in [6.07, 6.45) is 0.180. The van der Waals surface area contributed by atoms with E-state index in [-0.39, 0.29) is 5.91 Å². The van der Waals surface area contributed by atoms with Gasteiger partial charge in [0.25, 0.3) is 5.91 Å². The van der Waals surface area contributed by atoms with Crippen LogP contribution in [0.2, 0.25) is 5.02 Å². The molecule has 23 heavy (non-hydrogen) atoms. The third-order valence-corrected chi connectivity index (χ3v) is 4.04. The van der Waals surface area contributed by atoms with Crippen LogP contribution in [0.25, 0.3) is 0 Å². The molecule has 1 amide bonds. The molecule has 0 spiro atoms. The highest BCUT2D eigenvalue weighted by atomic mass is 35.5. The Balaban J connectivity index is 2.06. The maximum Gasteiger partial charge on any atom is 0.257 e. The number of amides is 1. The normalized spacial score (nSPS) is 17.0. The molecule has 2 aromatic rings. The molecule has 1 N–H and O–H groups in total. The maximum atomic E-state index is 13.6. The van der Waals surface area contributed by atoms with Crippen LogP contribution >= 0.6 is 11.6 Å². The van der Waals surface area contributed by atoms with Gasteiger partial charge in [-0.25, -0.2) is 8.78 Å². The molecule has 1 unspecified atom stereocenters. The van der Waals surface area contributed by atoms with E-state index >= 15 is 0 Å². The van der Waals surface area contributed by atoms with Gasteiger partial charge in [-0.2, -0.15) is 0 Å². The van der Waals surface area contributed by atoms with Crippen LogP contribution in [0.1, 0.15) is 35.4 Å². The Labute approximate surface area is 137 Å². The third-order valence-electron chi connectivity index (χ3n) is 3.80. The van der Waals surface area contributed by atoms with Gasteiger partial charge in [0.15, 0.2) is 11.6 Å². The first kappa shape index (κ1) is 15.7. The Hall–Kier alpha value is -2.14. The van der Waals surface area contributed by atoms with E-state index in [9.17, 15) is 13.6 Å². The third kappa shape index (κ3) is 2.88. The van der Waals surface area contributed by atoms with Crippen LogP contribution in [0.5, 0.6) is 0 Å². The summed E-state index contributed by atoms with van der Waals surface area (Å²) < 4.78 is 26.8. The molecule has 1 atom stereocenters. The summed E-state index contributed by atoms with van der Waals surface area (Å²) in [5.74, 6) is -2.02. The van der Waals surface area contributed by atoms with E-state index in [0.717, 1.165) is 18.6 Å². The summed E-state index contributed by atoms with van der Waals surface area (Å²) in [5.41, 5.74) is 1.59. The van der Waals surface area contributed by atoms with Crippen LogP contribution in [-0.4, -0.2) is 17.4 Å². The van der Waals surface area contributed by atoms with Crippen LogP contribution in [0.15, 0.2) is 36.4 Å². The molecule has 3 nitrogen and oxygen atoms in total. The molecule has 1 aliphatic rings. The fourth-order valence-corrected chi connectivity index (χ4v) is 2.91. The largest absolute Gasteiger partial charge is 0.361 e. The first-order chi connectivity index (χ1) is 11.0. The number of fused-ring (bicyclic) bond motifs is 1. The second-order valence-corrected chi connectivity index (χ2v) is 5.85. The minimum Gasteiger partial charge on any atom is -0.361 e. The molecule has 0 aliphatic carbocycles. The van der Waals surface area contributed by atoms with Crippen molar-refractivity contribution >= 4 is 23.2 Å². The quantitative estimate of drug-likeness (QED) is 0.888. The zero-order valence-corrected chi connectivity index (χ0v) is 13.2. The monoisotopic (exact) mass is 336 g/mol. The molecule has 0 saturated heterocycles. The minimum atomic E-state index is -0.940. The number of carbonyl (C=O) groups is 1. The average molecular weight is 337 g/mol. The molecule has 0 aromatic heterocycles. The lowest BCUT2D eigenvalue weighted by Crippen LogP contribution is -2.43. The summed E-state index contributed by atoms with van der Waals surface area (Å²) in [6, 6.07) is 8.62. The van der Waals surface area contributed by atoms with E-state index in [1.807, 2.05) is 6.92 Å². The zero-order chi connectivity index (χ0) is 16.6. The van der Waals surface area contributed by atoms with Crippen LogP contribution in [0.3, 0.4) is 0 Å². The number of nitrogens with zero attached hydrogens (tertiary/aromatic N) is 1. The Morgan fingerprint density at radius 2 is 1.96 bits per heavy atom. The fraction of sp³-hybridized carbons (Fsp3) is 0.235. The summed E-state index contributed by atoms with van der Waals surface area (Å²) in [7, 11) is 0. The Kier molecular flexibility index (Phi) is 4.22. The van der Waals surface area contributed by atoms with Gasteiger partial charge in [0.2, 0.25) is 0 Å². The average Bonchev–Trinajstić information content (AvgIpc) is 2.52. The molecule has 1 heterocycles. The van der Waals surface area contributed by atoms with Gasteiger partial charge in [0.1, 0.15) is 6.17 Å². The maximum absolute atomic E-state index is 13.6. The predicted octanol–water partition coefficient (Wildman–Crippen LogP) is 4.59. The van der Waals surface area contributed by atoms with Gasteiger partial charge in [-0.15, -0.1) is 0 Å². The summed E-state index contributed by atoms with van der Waals surface area (Å²) in [4.78, 5) is 14.3. The Morgan fingerprint density at radius 1 is 1.17 bits per heavy atom. The molecular weight excluding hydrogens is 322 g/mol. The summed E-state index contributed by atoms with van der Waals surface area (Å²) in [6.45, 7) is 2.45. The van der Waals surface area contributed by atoms with Gasteiger partial charge in [-0.1, -0.05) is 24.6 Å². The molecule has 0 fully saturated rings. The number of rotatable bonds is 3. The Bertz CT molecular complexity index is 766. The van der Waals surface area contributed by atoms with E-state index < -0.39 is 17.8 Å². The molecule has 3 rings (SSSR count). The van der Waals surface area contributed by atoms with Crippen LogP contribution in [-0.2, 0) is 0 Å². The van der Waals surface area contributed by atoms with Crippen molar-refractivity contribution in [2.75, 3.05) is 11.9 Å². The summed E-state index contributed by atoms with van der Waals surface area (Å²) >= 11 is 5.99. The van der Waals surface area contributed by atoms with E-state index in [1.54, 1.807) is 23.1 Å². The highest BCUT2D eigenvalue weighted by molar-refractivity contribution is 6.31. The number of benzene rings is 2. The van der Waals surface area contributed by atoms with E-state index in [0.29, 0.717) is 28.4 Å². The number of hydrogen-bond acceptors (Lipinski definition) is 2.